The summed E-state index contributed by atoms with van der Waals surface area (Å²) in [4.78, 5) is 16.8. The Hall–Kier alpha value is -1.35. The van der Waals surface area contributed by atoms with Gasteiger partial charge in [-0.05, 0) is 62.7 Å². The fourth-order valence-corrected chi connectivity index (χ4v) is 4.17. The Labute approximate surface area is 147 Å². The molecule has 0 spiro atoms. The van der Waals surface area contributed by atoms with Crippen LogP contribution in [0.15, 0.2) is 24.3 Å². The van der Waals surface area contributed by atoms with Crippen LogP contribution in [0.25, 0.3) is 0 Å². The Morgan fingerprint density at radius 1 is 1.08 bits per heavy atom. The lowest BCUT2D eigenvalue weighted by Crippen LogP contribution is -2.41. The van der Waals surface area contributed by atoms with E-state index in [1.807, 2.05) is 11.9 Å². The van der Waals surface area contributed by atoms with Gasteiger partial charge in [0.05, 0.1) is 12.6 Å². The van der Waals surface area contributed by atoms with Crippen molar-refractivity contribution >= 4 is 5.91 Å². The highest BCUT2D eigenvalue weighted by Gasteiger charge is 2.22. The molecule has 0 bridgehead atoms. The third-order valence-corrected chi connectivity index (χ3v) is 6.03. The number of likely N-dealkylation sites (N-methyl/N-ethyl adjacent to an activating group) is 1. The standard InChI is InChI=1S/C21H32N2O/c1-17(22(2)21(24)16-23-14-6-3-7-15-23)18-10-12-20(13-11-18)19-8-4-5-9-19/h10-13,17,19H,3-9,14-16H2,1-2H3/t17-/m0/s1. The molecule has 3 nitrogen and oxygen atoms in total. The van der Waals surface area contributed by atoms with Crippen LogP contribution >= 0.6 is 0 Å². The monoisotopic (exact) mass is 328 g/mol. The van der Waals surface area contributed by atoms with E-state index >= 15 is 0 Å². The van der Waals surface area contributed by atoms with Crippen molar-refractivity contribution < 1.29 is 4.79 Å². The van der Waals surface area contributed by atoms with Gasteiger partial charge in [-0.3, -0.25) is 9.69 Å². The molecule has 132 valence electrons. The van der Waals surface area contributed by atoms with Crippen LogP contribution in [0.5, 0.6) is 0 Å². The fraction of sp³-hybridized carbons (Fsp3) is 0.667. The first-order valence-electron chi connectivity index (χ1n) is 9.73. The maximum atomic E-state index is 12.6. The van der Waals surface area contributed by atoms with Gasteiger partial charge in [0.15, 0.2) is 0 Å². The molecule has 24 heavy (non-hydrogen) atoms. The normalized spacial score (nSPS) is 20.9. The first kappa shape index (κ1) is 17.5. The second-order valence-electron chi connectivity index (χ2n) is 7.67. The van der Waals surface area contributed by atoms with Crippen molar-refractivity contribution in [3.8, 4) is 0 Å². The first-order valence-corrected chi connectivity index (χ1v) is 9.73. The number of benzene rings is 1. The predicted octanol–water partition coefficient (Wildman–Crippen LogP) is 4.35. The Balaban J connectivity index is 1.57. The second kappa shape index (κ2) is 8.15. The van der Waals surface area contributed by atoms with Crippen LogP contribution in [0.2, 0.25) is 0 Å². The van der Waals surface area contributed by atoms with Crippen molar-refractivity contribution in [3.05, 3.63) is 35.4 Å². The first-order chi connectivity index (χ1) is 11.6. The molecule has 3 heteroatoms. The van der Waals surface area contributed by atoms with E-state index in [0.717, 1.165) is 19.0 Å². The van der Waals surface area contributed by atoms with E-state index in [1.54, 1.807) is 0 Å². The number of likely N-dealkylation sites (tertiary alicyclic amines) is 1. The summed E-state index contributed by atoms with van der Waals surface area (Å²) in [6.45, 7) is 4.85. The fourth-order valence-electron chi connectivity index (χ4n) is 4.17. The van der Waals surface area contributed by atoms with Crippen molar-refractivity contribution in [2.45, 2.75) is 63.8 Å². The van der Waals surface area contributed by atoms with E-state index < -0.39 is 0 Å². The Bertz CT molecular complexity index is 527. The maximum absolute atomic E-state index is 12.6. The lowest BCUT2D eigenvalue weighted by atomic mass is 9.95. The highest BCUT2D eigenvalue weighted by molar-refractivity contribution is 5.78. The molecule has 1 saturated carbocycles. The average Bonchev–Trinajstić information content (AvgIpc) is 3.16. The van der Waals surface area contributed by atoms with E-state index in [4.69, 9.17) is 0 Å². The minimum Gasteiger partial charge on any atom is -0.338 e. The van der Waals surface area contributed by atoms with Crippen LogP contribution in [-0.2, 0) is 4.79 Å². The van der Waals surface area contributed by atoms with Crippen molar-refractivity contribution in [3.63, 3.8) is 0 Å². The molecule has 1 heterocycles. The summed E-state index contributed by atoms with van der Waals surface area (Å²) < 4.78 is 0. The van der Waals surface area contributed by atoms with Crippen LogP contribution in [0.4, 0.5) is 0 Å². The molecule has 1 amide bonds. The Morgan fingerprint density at radius 2 is 1.71 bits per heavy atom. The number of amides is 1. The number of hydrogen-bond donors (Lipinski definition) is 0. The van der Waals surface area contributed by atoms with Gasteiger partial charge in [0, 0.05) is 7.05 Å². The number of carbonyl (C=O) groups excluding carboxylic acids is 1. The van der Waals surface area contributed by atoms with Crippen molar-refractivity contribution in [2.75, 3.05) is 26.7 Å². The molecule has 3 rings (SSSR count). The molecule has 1 aliphatic heterocycles. The van der Waals surface area contributed by atoms with Gasteiger partial charge in [-0.15, -0.1) is 0 Å². The number of hydrogen-bond acceptors (Lipinski definition) is 2. The van der Waals surface area contributed by atoms with Crippen LogP contribution in [0, 0.1) is 0 Å². The lowest BCUT2D eigenvalue weighted by molar-refractivity contribution is -0.133. The third kappa shape index (κ3) is 4.18. The summed E-state index contributed by atoms with van der Waals surface area (Å²) in [6, 6.07) is 9.15. The van der Waals surface area contributed by atoms with Gasteiger partial charge in [-0.2, -0.15) is 0 Å². The van der Waals surface area contributed by atoms with Gasteiger partial charge < -0.3 is 4.90 Å². The number of piperidine rings is 1. The van der Waals surface area contributed by atoms with E-state index in [1.165, 1.54) is 56.1 Å². The van der Waals surface area contributed by atoms with Gasteiger partial charge in [0.25, 0.3) is 0 Å². The van der Waals surface area contributed by atoms with Crippen LogP contribution < -0.4 is 0 Å². The van der Waals surface area contributed by atoms with E-state index in [9.17, 15) is 4.79 Å². The summed E-state index contributed by atoms with van der Waals surface area (Å²) in [5, 5.41) is 0. The van der Waals surface area contributed by atoms with Crippen LogP contribution in [-0.4, -0.2) is 42.4 Å². The molecule has 1 aliphatic carbocycles. The van der Waals surface area contributed by atoms with Gasteiger partial charge in [0.2, 0.25) is 5.91 Å². The summed E-state index contributed by atoms with van der Waals surface area (Å²) in [6.07, 6.45) is 9.19. The molecule has 1 atom stereocenters. The molecular weight excluding hydrogens is 296 g/mol. The minimum atomic E-state index is 0.139. The molecule has 0 radical (unpaired) electrons. The smallest absolute Gasteiger partial charge is 0.236 e. The number of carbonyl (C=O) groups is 1. The summed E-state index contributed by atoms with van der Waals surface area (Å²) >= 11 is 0. The largest absolute Gasteiger partial charge is 0.338 e. The zero-order valence-electron chi connectivity index (χ0n) is 15.3. The highest BCUT2D eigenvalue weighted by atomic mass is 16.2. The van der Waals surface area contributed by atoms with Gasteiger partial charge in [0.1, 0.15) is 0 Å². The highest BCUT2D eigenvalue weighted by Crippen LogP contribution is 2.34. The number of nitrogens with zero attached hydrogens (tertiary/aromatic N) is 2. The molecule has 1 aromatic carbocycles. The summed E-state index contributed by atoms with van der Waals surface area (Å²) in [7, 11) is 1.95. The van der Waals surface area contributed by atoms with Crippen molar-refractivity contribution in [2.24, 2.45) is 0 Å². The van der Waals surface area contributed by atoms with E-state index in [-0.39, 0.29) is 11.9 Å². The van der Waals surface area contributed by atoms with Gasteiger partial charge in [-0.25, -0.2) is 0 Å². The van der Waals surface area contributed by atoms with Gasteiger partial charge in [-0.1, -0.05) is 43.5 Å². The Morgan fingerprint density at radius 3 is 2.33 bits per heavy atom. The molecule has 1 saturated heterocycles. The molecule has 2 fully saturated rings. The van der Waals surface area contributed by atoms with Crippen LogP contribution in [0.3, 0.4) is 0 Å². The minimum absolute atomic E-state index is 0.139. The van der Waals surface area contributed by atoms with E-state index in [2.05, 4.69) is 36.1 Å². The van der Waals surface area contributed by atoms with Crippen molar-refractivity contribution in [1.82, 2.24) is 9.80 Å². The average molecular weight is 329 g/mol. The molecule has 0 aromatic heterocycles. The van der Waals surface area contributed by atoms with E-state index in [0.29, 0.717) is 6.54 Å². The maximum Gasteiger partial charge on any atom is 0.236 e. The van der Waals surface area contributed by atoms with Crippen LogP contribution in [0.1, 0.15) is 75.0 Å². The molecular formula is C21H32N2O. The quantitative estimate of drug-likeness (QED) is 0.802. The predicted molar refractivity (Wildman–Crippen MR) is 99.1 cm³/mol. The van der Waals surface area contributed by atoms with Crippen molar-refractivity contribution in [1.29, 1.82) is 0 Å². The third-order valence-electron chi connectivity index (χ3n) is 6.03. The SMILES string of the molecule is C[C@@H](c1ccc(C2CCCC2)cc1)N(C)C(=O)CN1CCCCC1. The zero-order valence-corrected chi connectivity index (χ0v) is 15.3. The zero-order chi connectivity index (χ0) is 16.9. The summed E-state index contributed by atoms with van der Waals surface area (Å²) in [5.74, 6) is 0.997. The molecule has 1 aromatic rings. The molecule has 2 aliphatic rings. The topological polar surface area (TPSA) is 23.6 Å². The summed E-state index contributed by atoms with van der Waals surface area (Å²) in [5.41, 5.74) is 2.72. The second-order valence-corrected chi connectivity index (χ2v) is 7.67. The number of rotatable bonds is 5. The molecule has 0 N–H and O–H groups in total. The molecule has 0 unspecified atom stereocenters. The Kier molecular flexibility index (Phi) is 5.94. The lowest BCUT2D eigenvalue weighted by Gasteiger charge is -2.31. The van der Waals surface area contributed by atoms with Gasteiger partial charge >= 0.3 is 0 Å².